The molecule has 1 aliphatic heterocycles. The second-order valence-electron chi connectivity index (χ2n) is 14.2. The largest absolute Gasteiger partial charge is 0.496 e. The molecule has 0 spiro atoms. The van der Waals surface area contributed by atoms with Gasteiger partial charge >= 0.3 is 7.82 Å². The van der Waals surface area contributed by atoms with Crippen LogP contribution >= 0.6 is 7.82 Å². The number of fused-ring (bicyclic) bond motifs is 1. The van der Waals surface area contributed by atoms with Crippen LogP contribution in [0.25, 0.3) is 10.9 Å². The molecule has 2 amide bonds. The Bertz CT molecular complexity index is 1430. The second kappa shape index (κ2) is 15.2. The Balaban J connectivity index is 1.82. The van der Waals surface area contributed by atoms with Crippen molar-refractivity contribution in [3.8, 4) is 5.75 Å². The van der Waals surface area contributed by atoms with Gasteiger partial charge in [-0.1, -0.05) is 19.9 Å². The molecule has 0 saturated carbocycles. The molecule has 3 rings (SSSR count). The van der Waals surface area contributed by atoms with E-state index in [-0.39, 0.29) is 30.4 Å². The number of H-pyrrole nitrogens is 1. The minimum atomic E-state index is -4.22. The SMILES string of the molecule is COc1cccc2[nH]c(C(=O)C[C@@H](CC(C)C)C(=O)N[C@@H](C[C@@H]3CCNC3=O)C(=O)COP(=O)(OC(C)(C)C)OC(C)(C)C)cc12. The summed E-state index contributed by atoms with van der Waals surface area (Å²) in [5.41, 5.74) is -0.743. The van der Waals surface area contributed by atoms with Crippen LogP contribution in [0.5, 0.6) is 5.75 Å². The third-order valence-electron chi connectivity index (χ3n) is 7.23. The van der Waals surface area contributed by atoms with Gasteiger partial charge in [0.1, 0.15) is 12.4 Å². The molecule has 3 atom stereocenters. The highest BCUT2D eigenvalue weighted by atomic mass is 31.2. The number of carbonyl (C=O) groups is 4. The van der Waals surface area contributed by atoms with Crippen LogP contribution in [0.4, 0.5) is 0 Å². The number of phosphoric acid groups is 1. The minimum absolute atomic E-state index is 0.0223. The molecule has 256 valence electrons. The maximum atomic E-state index is 13.8. The summed E-state index contributed by atoms with van der Waals surface area (Å²) in [6.07, 6.45) is 0.801. The van der Waals surface area contributed by atoms with Crippen LogP contribution in [0, 0.1) is 17.8 Å². The number of carbonyl (C=O) groups excluding carboxylic acids is 4. The van der Waals surface area contributed by atoms with Gasteiger partial charge in [0.25, 0.3) is 0 Å². The van der Waals surface area contributed by atoms with E-state index in [1.54, 1.807) is 60.8 Å². The lowest BCUT2D eigenvalue weighted by Gasteiger charge is -2.31. The van der Waals surface area contributed by atoms with Gasteiger partial charge in [-0.25, -0.2) is 4.57 Å². The molecule has 0 radical (unpaired) electrons. The molecule has 1 aromatic heterocycles. The molecule has 12 nitrogen and oxygen atoms in total. The lowest BCUT2D eigenvalue weighted by molar-refractivity contribution is -0.133. The van der Waals surface area contributed by atoms with E-state index in [0.29, 0.717) is 30.8 Å². The molecule has 2 heterocycles. The molecule has 2 aromatic rings. The molecule has 13 heteroatoms. The first-order valence-corrected chi connectivity index (χ1v) is 17.2. The van der Waals surface area contributed by atoms with Crippen molar-refractivity contribution >= 4 is 42.1 Å². The number of methoxy groups -OCH3 is 1. The van der Waals surface area contributed by atoms with Gasteiger partial charge in [-0.2, -0.15) is 0 Å². The molecule has 1 aromatic carbocycles. The van der Waals surface area contributed by atoms with Gasteiger partial charge in [-0.15, -0.1) is 0 Å². The summed E-state index contributed by atoms with van der Waals surface area (Å²) in [7, 11) is -2.66. The fraction of sp³-hybridized carbons (Fsp3) is 0.636. The Kier molecular flexibility index (Phi) is 12.4. The molecule has 3 N–H and O–H groups in total. The highest BCUT2D eigenvalue weighted by Crippen LogP contribution is 2.55. The van der Waals surface area contributed by atoms with Crippen LogP contribution in [0.1, 0.15) is 91.6 Å². The summed E-state index contributed by atoms with van der Waals surface area (Å²) in [6, 6.07) is 6.02. The highest BCUT2D eigenvalue weighted by Gasteiger charge is 2.39. The van der Waals surface area contributed by atoms with Gasteiger partial charge in [-0.05, 0) is 84.9 Å². The lowest BCUT2D eigenvalue weighted by atomic mass is 9.89. The lowest BCUT2D eigenvalue weighted by Crippen LogP contribution is -2.47. The van der Waals surface area contributed by atoms with Crippen molar-refractivity contribution in [1.29, 1.82) is 0 Å². The molecule has 1 saturated heterocycles. The Morgan fingerprint density at radius 1 is 1.07 bits per heavy atom. The zero-order chi connectivity index (χ0) is 34.4. The van der Waals surface area contributed by atoms with E-state index in [1.165, 1.54) is 0 Å². The number of phosphoric ester groups is 1. The van der Waals surface area contributed by atoms with Crippen molar-refractivity contribution in [1.82, 2.24) is 15.6 Å². The highest BCUT2D eigenvalue weighted by molar-refractivity contribution is 7.48. The van der Waals surface area contributed by atoms with E-state index < -0.39 is 55.2 Å². The number of aromatic amines is 1. The van der Waals surface area contributed by atoms with E-state index >= 15 is 0 Å². The van der Waals surface area contributed by atoms with E-state index in [1.807, 2.05) is 26.0 Å². The Morgan fingerprint density at radius 2 is 1.72 bits per heavy atom. The molecule has 46 heavy (non-hydrogen) atoms. The number of nitrogens with one attached hydrogen (secondary N) is 3. The van der Waals surface area contributed by atoms with Crippen LogP contribution in [0.2, 0.25) is 0 Å². The van der Waals surface area contributed by atoms with Gasteiger partial charge in [0.2, 0.25) is 11.8 Å². The predicted molar refractivity (Wildman–Crippen MR) is 175 cm³/mol. The van der Waals surface area contributed by atoms with Crippen LogP contribution < -0.4 is 15.4 Å². The predicted octanol–water partition coefficient (Wildman–Crippen LogP) is 5.75. The van der Waals surface area contributed by atoms with Crippen LogP contribution in [-0.4, -0.2) is 65.9 Å². The first kappa shape index (κ1) is 37.4. The standard InChI is InChI=1S/C33H50N3O9P/c1-20(2)15-22(17-27(37)26-18-23-24(35-26)11-10-12-29(23)42-9)31(40)36-25(16-21-13-14-34-30(21)39)28(38)19-43-46(41,44-32(3,4)5)45-33(6,7)8/h10-12,18,20-22,25,35H,13-17,19H2,1-9H3,(H,34,39)(H,36,40)/t21-,22+,25-/m0/s1. The van der Waals surface area contributed by atoms with Crippen LogP contribution in [0.3, 0.4) is 0 Å². The smallest absolute Gasteiger partial charge is 0.476 e. The van der Waals surface area contributed by atoms with Crippen molar-refractivity contribution in [3.63, 3.8) is 0 Å². The number of Topliss-reactive ketones (excluding diaryl/α,β-unsaturated/α-hetero) is 2. The van der Waals surface area contributed by atoms with E-state index in [9.17, 15) is 23.7 Å². The number of aromatic nitrogens is 1. The summed E-state index contributed by atoms with van der Waals surface area (Å²) in [5.74, 6) is -2.14. The number of ether oxygens (including phenoxy) is 1. The van der Waals surface area contributed by atoms with Gasteiger partial charge in [0.05, 0.1) is 30.0 Å². The van der Waals surface area contributed by atoms with Gasteiger partial charge in [-0.3, -0.25) is 32.7 Å². The van der Waals surface area contributed by atoms with E-state index in [0.717, 1.165) is 10.9 Å². The number of hydrogen-bond acceptors (Lipinski definition) is 9. The van der Waals surface area contributed by atoms with Gasteiger partial charge in [0.15, 0.2) is 11.6 Å². The molecule has 0 unspecified atom stereocenters. The fourth-order valence-electron chi connectivity index (χ4n) is 5.34. The second-order valence-corrected chi connectivity index (χ2v) is 15.7. The summed E-state index contributed by atoms with van der Waals surface area (Å²) in [4.78, 5) is 56.4. The molecule has 0 bridgehead atoms. The van der Waals surface area contributed by atoms with Crippen LogP contribution in [0.15, 0.2) is 24.3 Å². The molecule has 0 aliphatic carbocycles. The number of amides is 2. The van der Waals surface area contributed by atoms with Crippen LogP contribution in [-0.2, 0) is 32.5 Å². The zero-order valence-electron chi connectivity index (χ0n) is 28.5. The quantitative estimate of drug-likeness (QED) is 0.150. The Labute approximate surface area is 271 Å². The number of benzene rings is 1. The number of hydrogen-bond donors (Lipinski definition) is 3. The summed E-state index contributed by atoms with van der Waals surface area (Å²) < 4.78 is 35.8. The van der Waals surface area contributed by atoms with E-state index in [2.05, 4.69) is 15.6 Å². The molecule has 1 fully saturated rings. The van der Waals surface area contributed by atoms with Crippen molar-refractivity contribution in [2.75, 3.05) is 20.3 Å². The molecule has 1 aliphatic rings. The average Bonchev–Trinajstić information content (AvgIpc) is 3.54. The van der Waals surface area contributed by atoms with Crippen molar-refractivity contribution in [3.05, 3.63) is 30.0 Å². The van der Waals surface area contributed by atoms with Crippen molar-refractivity contribution < 1.29 is 42.1 Å². The summed E-state index contributed by atoms with van der Waals surface area (Å²) in [5, 5.41) is 6.31. The normalized spacial score (nSPS) is 17.2. The Hall–Kier alpha value is -3.05. The van der Waals surface area contributed by atoms with Gasteiger partial charge < -0.3 is 20.4 Å². The Morgan fingerprint density at radius 3 is 2.26 bits per heavy atom. The van der Waals surface area contributed by atoms with Gasteiger partial charge in [0, 0.05) is 35.7 Å². The first-order chi connectivity index (χ1) is 21.3. The maximum Gasteiger partial charge on any atom is 0.476 e. The molecular formula is C33H50N3O9P. The fourth-order valence-corrected chi connectivity index (χ4v) is 7.11. The summed E-state index contributed by atoms with van der Waals surface area (Å²) in [6.45, 7) is 13.8. The first-order valence-electron chi connectivity index (χ1n) is 15.7. The number of rotatable bonds is 16. The topological polar surface area (TPSA) is 162 Å². The maximum absolute atomic E-state index is 13.8. The minimum Gasteiger partial charge on any atom is -0.496 e. The monoisotopic (exact) mass is 663 g/mol. The van der Waals surface area contributed by atoms with Crippen molar-refractivity contribution in [2.24, 2.45) is 17.8 Å². The van der Waals surface area contributed by atoms with E-state index in [4.69, 9.17) is 18.3 Å². The third kappa shape index (κ3) is 11.0. The molecular weight excluding hydrogens is 613 g/mol. The third-order valence-corrected chi connectivity index (χ3v) is 9.22. The van der Waals surface area contributed by atoms with Crippen molar-refractivity contribution in [2.45, 2.75) is 98.3 Å². The average molecular weight is 664 g/mol. The number of ketones is 2. The summed E-state index contributed by atoms with van der Waals surface area (Å²) >= 11 is 0. The zero-order valence-corrected chi connectivity index (χ0v) is 29.4.